The van der Waals surface area contributed by atoms with Crippen LogP contribution in [0.4, 0.5) is 0 Å². The number of amides is 1. The summed E-state index contributed by atoms with van der Waals surface area (Å²) in [6.45, 7) is 5.06. The summed E-state index contributed by atoms with van der Waals surface area (Å²) in [6.07, 6.45) is 0.0712. The Labute approximate surface area is 125 Å². The van der Waals surface area contributed by atoms with Crippen LogP contribution in [-0.2, 0) is 11.3 Å². The van der Waals surface area contributed by atoms with E-state index in [0.717, 1.165) is 22.4 Å². The first-order valence-corrected chi connectivity index (χ1v) is 7.23. The van der Waals surface area contributed by atoms with Crippen molar-refractivity contribution in [2.75, 3.05) is 20.7 Å². The van der Waals surface area contributed by atoms with Crippen LogP contribution >= 0.6 is 0 Å². The molecule has 1 aromatic carbocycles. The Balaban J connectivity index is 2.05. The Bertz CT molecular complexity index is 507. The van der Waals surface area contributed by atoms with E-state index in [9.17, 15) is 9.90 Å². The predicted octanol–water partition coefficient (Wildman–Crippen LogP) is 0.993. The van der Waals surface area contributed by atoms with Gasteiger partial charge >= 0.3 is 0 Å². The second kappa shape index (κ2) is 6.45. The monoisotopic (exact) mass is 292 g/mol. The molecule has 1 heterocycles. The molecule has 0 aromatic heterocycles. The van der Waals surface area contributed by atoms with E-state index in [0.29, 0.717) is 19.5 Å². The van der Waals surface area contributed by atoms with Gasteiger partial charge in [0.2, 0.25) is 5.91 Å². The third-order valence-electron chi connectivity index (χ3n) is 3.93. The Morgan fingerprint density at radius 3 is 2.52 bits per heavy atom. The third-order valence-corrected chi connectivity index (χ3v) is 3.93. The lowest BCUT2D eigenvalue weighted by atomic mass is 10.0. The number of nitrogens with one attached hydrogen (secondary N) is 1. The van der Waals surface area contributed by atoms with Gasteiger partial charge in [-0.15, -0.1) is 0 Å². The first kappa shape index (κ1) is 15.8. The zero-order chi connectivity index (χ0) is 15.6. The molecule has 0 saturated carbocycles. The minimum atomic E-state index is -0.419. The van der Waals surface area contributed by atoms with Gasteiger partial charge < -0.3 is 20.1 Å². The van der Waals surface area contributed by atoms with Crippen LogP contribution in [0.3, 0.4) is 0 Å². The minimum absolute atomic E-state index is 0.0256. The van der Waals surface area contributed by atoms with Crippen molar-refractivity contribution in [3.63, 3.8) is 0 Å². The largest absolute Gasteiger partial charge is 0.496 e. The Morgan fingerprint density at radius 2 is 2.05 bits per heavy atom. The van der Waals surface area contributed by atoms with Crippen molar-refractivity contribution >= 4 is 5.91 Å². The number of hydrogen-bond acceptors (Lipinski definition) is 4. The van der Waals surface area contributed by atoms with E-state index in [1.54, 1.807) is 19.1 Å². The van der Waals surface area contributed by atoms with Crippen LogP contribution in [0.5, 0.6) is 5.75 Å². The summed E-state index contributed by atoms with van der Waals surface area (Å²) in [5.41, 5.74) is 3.23. The van der Waals surface area contributed by atoms with Crippen LogP contribution in [0, 0.1) is 13.8 Å². The van der Waals surface area contributed by atoms with Crippen molar-refractivity contribution in [3.8, 4) is 5.75 Å². The van der Waals surface area contributed by atoms with E-state index in [1.165, 1.54) is 0 Å². The van der Waals surface area contributed by atoms with Crippen LogP contribution in [0.25, 0.3) is 0 Å². The smallest absolute Gasteiger partial charge is 0.239 e. The molecule has 2 atom stereocenters. The topological polar surface area (TPSA) is 61.8 Å². The molecule has 5 nitrogen and oxygen atoms in total. The second-order valence-electron chi connectivity index (χ2n) is 5.81. The molecule has 0 spiro atoms. The van der Waals surface area contributed by atoms with Crippen molar-refractivity contribution in [2.45, 2.75) is 39.0 Å². The van der Waals surface area contributed by atoms with Gasteiger partial charge in [-0.1, -0.05) is 12.1 Å². The van der Waals surface area contributed by atoms with Crippen LogP contribution in [0.1, 0.15) is 23.1 Å². The van der Waals surface area contributed by atoms with Crippen molar-refractivity contribution in [1.82, 2.24) is 10.2 Å². The highest BCUT2D eigenvalue weighted by Crippen LogP contribution is 2.25. The summed E-state index contributed by atoms with van der Waals surface area (Å²) in [7, 11) is 3.46. The van der Waals surface area contributed by atoms with Gasteiger partial charge in [0.05, 0.1) is 19.3 Å². The van der Waals surface area contributed by atoms with Gasteiger partial charge in [-0.3, -0.25) is 4.79 Å². The average Bonchev–Trinajstić information content (AvgIpc) is 2.84. The van der Waals surface area contributed by atoms with E-state index in [-0.39, 0.29) is 11.9 Å². The van der Waals surface area contributed by atoms with Gasteiger partial charge in [0.25, 0.3) is 0 Å². The molecular formula is C16H24N2O3. The van der Waals surface area contributed by atoms with Gasteiger partial charge in [0.1, 0.15) is 5.75 Å². The molecule has 5 heteroatoms. The fraction of sp³-hybridized carbons (Fsp3) is 0.562. The third kappa shape index (κ3) is 3.54. The predicted molar refractivity (Wildman–Crippen MR) is 81.4 cm³/mol. The molecule has 116 valence electrons. The van der Waals surface area contributed by atoms with Crippen molar-refractivity contribution in [2.24, 2.45) is 0 Å². The minimum Gasteiger partial charge on any atom is -0.496 e. The van der Waals surface area contributed by atoms with Gasteiger partial charge in [-0.05, 0) is 37.0 Å². The number of methoxy groups -OCH3 is 1. The quantitative estimate of drug-likeness (QED) is 0.869. The summed E-state index contributed by atoms with van der Waals surface area (Å²) in [4.78, 5) is 14.0. The molecule has 1 amide bonds. The van der Waals surface area contributed by atoms with E-state index in [1.807, 2.05) is 26.0 Å². The summed E-state index contributed by atoms with van der Waals surface area (Å²) in [5.74, 6) is 0.922. The molecule has 21 heavy (non-hydrogen) atoms. The maximum absolute atomic E-state index is 12.3. The summed E-state index contributed by atoms with van der Waals surface area (Å²) in [6, 6.07) is 3.82. The lowest BCUT2D eigenvalue weighted by molar-refractivity contribution is -0.132. The first-order valence-electron chi connectivity index (χ1n) is 7.23. The fourth-order valence-electron chi connectivity index (χ4n) is 2.98. The number of carbonyl (C=O) groups is 1. The number of β-amino-alcohol motifs (C(OH)–C–C–N with tert-alkyl or cyclic N) is 1. The van der Waals surface area contributed by atoms with Gasteiger partial charge in [0, 0.05) is 20.1 Å². The average molecular weight is 292 g/mol. The Morgan fingerprint density at radius 1 is 1.43 bits per heavy atom. The van der Waals surface area contributed by atoms with Crippen molar-refractivity contribution < 1.29 is 14.6 Å². The summed E-state index contributed by atoms with van der Waals surface area (Å²) >= 11 is 0. The number of hydrogen-bond donors (Lipinski definition) is 2. The maximum Gasteiger partial charge on any atom is 0.239 e. The Hall–Kier alpha value is -1.59. The highest BCUT2D eigenvalue weighted by atomic mass is 16.5. The molecule has 2 rings (SSSR count). The molecule has 0 aliphatic carbocycles. The lowest BCUT2D eigenvalue weighted by Gasteiger charge is -2.22. The lowest BCUT2D eigenvalue weighted by Crippen LogP contribution is -2.41. The molecule has 0 radical (unpaired) electrons. The first-order chi connectivity index (χ1) is 9.92. The van der Waals surface area contributed by atoms with E-state index in [2.05, 4.69) is 5.32 Å². The normalized spacial score (nSPS) is 21.4. The van der Waals surface area contributed by atoms with Crippen molar-refractivity contribution in [1.29, 1.82) is 0 Å². The van der Waals surface area contributed by atoms with Crippen molar-refractivity contribution in [3.05, 3.63) is 28.8 Å². The zero-order valence-electron chi connectivity index (χ0n) is 13.1. The van der Waals surface area contributed by atoms with Crippen LogP contribution in [-0.4, -0.2) is 48.8 Å². The molecule has 1 saturated heterocycles. The Kier molecular flexibility index (Phi) is 4.85. The van der Waals surface area contributed by atoms with E-state index >= 15 is 0 Å². The standard InChI is InChI=1S/C16H24N2O3/c1-10-5-12(6-11(2)15(10)21-4)9-18(3)16(20)14-7-13(19)8-17-14/h5-6,13-14,17,19H,7-9H2,1-4H3. The number of benzene rings is 1. The molecule has 2 N–H and O–H groups in total. The number of aryl methyl sites for hydroxylation is 2. The maximum atomic E-state index is 12.3. The van der Waals surface area contributed by atoms with Crippen LogP contribution in [0.2, 0.25) is 0 Å². The molecule has 2 unspecified atom stereocenters. The van der Waals surface area contributed by atoms with Crippen LogP contribution in [0.15, 0.2) is 12.1 Å². The van der Waals surface area contributed by atoms with Gasteiger partial charge in [-0.2, -0.15) is 0 Å². The van der Waals surface area contributed by atoms with Gasteiger partial charge in [-0.25, -0.2) is 0 Å². The highest BCUT2D eigenvalue weighted by Gasteiger charge is 2.30. The SMILES string of the molecule is COc1c(C)cc(CN(C)C(=O)C2CC(O)CN2)cc1C. The molecule has 1 aliphatic heterocycles. The number of rotatable bonds is 4. The number of carbonyl (C=O) groups excluding carboxylic acids is 1. The molecule has 0 bridgehead atoms. The number of nitrogens with zero attached hydrogens (tertiary/aromatic N) is 1. The molecule has 1 aliphatic rings. The van der Waals surface area contributed by atoms with Crippen LogP contribution < -0.4 is 10.1 Å². The fourth-order valence-corrected chi connectivity index (χ4v) is 2.98. The van der Waals surface area contributed by atoms with E-state index < -0.39 is 6.10 Å². The number of aliphatic hydroxyl groups is 1. The van der Waals surface area contributed by atoms with Gasteiger partial charge in [0.15, 0.2) is 0 Å². The molecule has 1 fully saturated rings. The summed E-state index contributed by atoms with van der Waals surface area (Å²) in [5, 5.41) is 12.6. The zero-order valence-corrected chi connectivity index (χ0v) is 13.1. The second-order valence-corrected chi connectivity index (χ2v) is 5.81. The molecular weight excluding hydrogens is 268 g/mol. The number of ether oxygens (including phenoxy) is 1. The number of likely N-dealkylation sites (N-methyl/N-ethyl adjacent to an activating group) is 1. The highest BCUT2D eigenvalue weighted by molar-refractivity contribution is 5.82. The van der Waals surface area contributed by atoms with E-state index in [4.69, 9.17) is 4.74 Å². The summed E-state index contributed by atoms with van der Waals surface area (Å²) < 4.78 is 5.36. The molecule has 1 aromatic rings. The number of aliphatic hydroxyl groups excluding tert-OH is 1.